The molecule has 7 heteroatoms. The fourth-order valence-corrected chi connectivity index (χ4v) is 2.49. The summed E-state index contributed by atoms with van der Waals surface area (Å²) in [6.07, 6.45) is 3.01. The van der Waals surface area contributed by atoms with Crippen LogP contribution >= 0.6 is 0 Å². The van der Waals surface area contributed by atoms with Crippen molar-refractivity contribution in [2.75, 3.05) is 12.4 Å². The molecule has 2 heterocycles. The molecule has 0 spiro atoms. The van der Waals surface area contributed by atoms with Crippen LogP contribution in [0.3, 0.4) is 0 Å². The van der Waals surface area contributed by atoms with E-state index in [0.29, 0.717) is 11.4 Å². The Morgan fingerprint density at radius 2 is 1.96 bits per heavy atom. The number of anilines is 2. The number of rotatable bonds is 5. The van der Waals surface area contributed by atoms with Gasteiger partial charge in [-0.2, -0.15) is 4.98 Å². The van der Waals surface area contributed by atoms with Gasteiger partial charge in [0.1, 0.15) is 23.3 Å². The van der Waals surface area contributed by atoms with Crippen LogP contribution < -0.4 is 15.7 Å². The smallest absolute Gasteiger partial charge is 0.360 e. The summed E-state index contributed by atoms with van der Waals surface area (Å²) in [5.74, 6) is 1.13. The third kappa shape index (κ3) is 3.72. The molecule has 7 nitrogen and oxygen atoms in total. The standard InChI is InChI=1S/C20H15N3O4/c1-25-15-8-6-13(7-9-15)11-21-20-23-18(12-26-20)22-16-10-14-4-2-3-5-17(14)27-19(16)24/h2-12,22H,1H3. The van der Waals surface area contributed by atoms with Gasteiger partial charge in [0, 0.05) is 11.6 Å². The van der Waals surface area contributed by atoms with E-state index >= 15 is 0 Å². The zero-order valence-electron chi connectivity index (χ0n) is 14.4. The van der Waals surface area contributed by atoms with Crippen molar-refractivity contribution in [2.24, 2.45) is 4.99 Å². The van der Waals surface area contributed by atoms with Gasteiger partial charge >= 0.3 is 11.6 Å². The number of nitrogens with one attached hydrogen (secondary N) is 1. The Balaban J connectivity index is 1.51. The molecule has 2 aromatic heterocycles. The number of hydrogen-bond donors (Lipinski definition) is 1. The SMILES string of the molecule is COc1ccc(C=Nc2nc(Nc3cc4ccccc4oc3=O)co2)cc1. The summed E-state index contributed by atoms with van der Waals surface area (Å²) >= 11 is 0. The predicted molar refractivity (Wildman–Crippen MR) is 103 cm³/mol. The summed E-state index contributed by atoms with van der Waals surface area (Å²) in [5, 5.41) is 3.70. The van der Waals surface area contributed by atoms with Crippen molar-refractivity contribution in [1.82, 2.24) is 4.98 Å². The number of fused-ring (bicyclic) bond motifs is 1. The van der Waals surface area contributed by atoms with Gasteiger partial charge in [0.25, 0.3) is 0 Å². The van der Waals surface area contributed by atoms with Crippen molar-refractivity contribution >= 4 is 34.7 Å². The molecule has 27 heavy (non-hydrogen) atoms. The normalized spacial score (nSPS) is 11.1. The molecule has 1 N–H and O–H groups in total. The highest BCUT2D eigenvalue weighted by molar-refractivity contribution is 5.82. The molecular weight excluding hydrogens is 346 g/mol. The van der Waals surface area contributed by atoms with Crippen LogP contribution in [-0.2, 0) is 0 Å². The monoisotopic (exact) mass is 361 g/mol. The van der Waals surface area contributed by atoms with E-state index in [9.17, 15) is 4.79 Å². The van der Waals surface area contributed by atoms with Gasteiger partial charge in [0.15, 0.2) is 5.82 Å². The first-order valence-corrected chi connectivity index (χ1v) is 8.15. The number of nitrogens with zero attached hydrogens (tertiary/aromatic N) is 2. The number of oxazole rings is 1. The van der Waals surface area contributed by atoms with E-state index in [1.807, 2.05) is 42.5 Å². The average Bonchev–Trinajstić information content (AvgIpc) is 3.15. The van der Waals surface area contributed by atoms with Gasteiger partial charge < -0.3 is 18.9 Å². The van der Waals surface area contributed by atoms with Gasteiger partial charge in [-0.05, 0) is 42.0 Å². The molecule has 0 saturated carbocycles. The maximum absolute atomic E-state index is 12.1. The fourth-order valence-electron chi connectivity index (χ4n) is 2.49. The van der Waals surface area contributed by atoms with Crippen molar-refractivity contribution in [3.63, 3.8) is 0 Å². The van der Waals surface area contributed by atoms with Crippen LogP contribution in [-0.4, -0.2) is 18.3 Å². The Morgan fingerprint density at radius 3 is 2.78 bits per heavy atom. The van der Waals surface area contributed by atoms with Gasteiger partial charge in [0.05, 0.1) is 7.11 Å². The molecular formula is C20H15N3O4. The molecule has 2 aromatic carbocycles. The maximum atomic E-state index is 12.1. The Morgan fingerprint density at radius 1 is 1.15 bits per heavy atom. The molecule has 0 saturated heterocycles. The van der Waals surface area contributed by atoms with Crippen LogP contribution in [0, 0.1) is 0 Å². The lowest BCUT2D eigenvalue weighted by Crippen LogP contribution is -2.06. The molecule has 0 aliphatic carbocycles. The van der Waals surface area contributed by atoms with Crippen molar-refractivity contribution in [3.8, 4) is 5.75 Å². The van der Waals surface area contributed by atoms with Crippen LogP contribution in [0.1, 0.15) is 5.56 Å². The number of aromatic nitrogens is 1. The van der Waals surface area contributed by atoms with Crippen molar-refractivity contribution < 1.29 is 13.6 Å². The van der Waals surface area contributed by atoms with Crippen molar-refractivity contribution in [1.29, 1.82) is 0 Å². The number of aliphatic imine (C=N–C) groups is 1. The summed E-state index contributed by atoms with van der Waals surface area (Å²) in [7, 11) is 1.61. The molecule has 134 valence electrons. The molecule has 0 amide bonds. The molecule has 0 unspecified atom stereocenters. The second-order valence-electron chi connectivity index (χ2n) is 5.66. The van der Waals surface area contributed by atoms with Crippen LogP contribution in [0.15, 0.2) is 79.5 Å². The van der Waals surface area contributed by atoms with Crippen molar-refractivity contribution in [2.45, 2.75) is 0 Å². The third-order valence-corrected chi connectivity index (χ3v) is 3.84. The molecule has 0 aliphatic rings. The maximum Gasteiger partial charge on any atom is 0.360 e. The van der Waals surface area contributed by atoms with Crippen LogP contribution in [0.2, 0.25) is 0 Å². The quantitative estimate of drug-likeness (QED) is 0.421. The van der Waals surface area contributed by atoms with Gasteiger partial charge in [-0.25, -0.2) is 9.79 Å². The number of benzene rings is 2. The lowest BCUT2D eigenvalue weighted by atomic mass is 10.2. The highest BCUT2D eigenvalue weighted by Crippen LogP contribution is 2.21. The van der Waals surface area contributed by atoms with Gasteiger partial charge in [0.2, 0.25) is 0 Å². The molecule has 4 aromatic rings. The van der Waals surface area contributed by atoms with E-state index in [1.54, 1.807) is 25.5 Å². The van der Waals surface area contributed by atoms with E-state index in [2.05, 4.69) is 15.3 Å². The summed E-state index contributed by atoms with van der Waals surface area (Å²) < 4.78 is 15.7. The topological polar surface area (TPSA) is 89.9 Å². The van der Waals surface area contributed by atoms with Crippen molar-refractivity contribution in [3.05, 3.63) is 76.8 Å². The first-order chi connectivity index (χ1) is 13.2. The molecule has 0 bridgehead atoms. The first-order valence-electron chi connectivity index (χ1n) is 8.15. The number of methoxy groups -OCH3 is 1. The summed E-state index contributed by atoms with van der Waals surface area (Å²) in [5.41, 5.74) is 1.18. The van der Waals surface area contributed by atoms with E-state index in [1.165, 1.54) is 6.26 Å². The highest BCUT2D eigenvalue weighted by Gasteiger charge is 2.08. The summed E-state index contributed by atoms with van der Waals surface area (Å²) in [6.45, 7) is 0. The predicted octanol–water partition coefficient (Wildman–Crippen LogP) is 4.28. The van der Waals surface area contributed by atoms with Crippen LogP contribution in [0.4, 0.5) is 17.5 Å². The van der Waals surface area contributed by atoms with Gasteiger partial charge in [-0.1, -0.05) is 18.2 Å². The average molecular weight is 361 g/mol. The minimum atomic E-state index is -0.486. The molecule has 0 radical (unpaired) electrons. The minimum Gasteiger partial charge on any atom is -0.497 e. The minimum absolute atomic E-state index is 0.165. The summed E-state index contributed by atoms with van der Waals surface area (Å²) in [4.78, 5) is 20.5. The van der Waals surface area contributed by atoms with Crippen LogP contribution in [0.5, 0.6) is 5.75 Å². The van der Waals surface area contributed by atoms with E-state index < -0.39 is 5.63 Å². The lowest BCUT2D eigenvalue weighted by molar-refractivity contribution is 0.415. The lowest BCUT2D eigenvalue weighted by Gasteiger charge is -2.02. The first kappa shape index (κ1) is 16.6. The van der Waals surface area contributed by atoms with Gasteiger partial charge in [-0.3, -0.25) is 0 Å². The van der Waals surface area contributed by atoms with E-state index in [0.717, 1.165) is 16.7 Å². The molecule has 0 fully saturated rings. The number of para-hydroxylation sites is 1. The van der Waals surface area contributed by atoms with Crippen LogP contribution in [0.25, 0.3) is 11.0 Å². The number of ether oxygens (including phenoxy) is 1. The summed E-state index contributed by atoms with van der Waals surface area (Å²) in [6, 6.07) is 16.5. The largest absolute Gasteiger partial charge is 0.497 e. The zero-order chi connectivity index (χ0) is 18.6. The Kier molecular flexibility index (Phi) is 4.40. The Bertz CT molecular complexity index is 1160. The highest BCUT2D eigenvalue weighted by atomic mass is 16.5. The van der Waals surface area contributed by atoms with E-state index in [-0.39, 0.29) is 11.7 Å². The van der Waals surface area contributed by atoms with Gasteiger partial charge in [-0.15, -0.1) is 0 Å². The number of hydrogen-bond acceptors (Lipinski definition) is 7. The second-order valence-corrected chi connectivity index (χ2v) is 5.66. The van der Waals surface area contributed by atoms with E-state index in [4.69, 9.17) is 13.6 Å². The Labute approximate surface area is 153 Å². The zero-order valence-corrected chi connectivity index (χ0v) is 14.4. The third-order valence-electron chi connectivity index (χ3n) is 3.84. The Hall–Kier alpha value is -3.87. The second kappa shape index (κ2) is 7.17. The molecule has 0 aliphatic heterocycles. The fraction of sp³-hybridized carbons (Fsp3) is 0.0500. The molecule has 0 atom stereocenters. The molecule has 4 rings (SSSR count).